The van der Waals surface area contributed by atoms with Crippen LogP contribution in [0.15, 0.2) is 30.6 Å². The molecule has 0 aliphatic heterocycles. The van der Waals surface area contributed by atoms with Crippen LogP contribution in [0.2, 0.25) is 0 Å². The Morgan fingerprint density at radius 3 is 2.62 bits per heavy atom. The SMILES string of the molecule is COc1cc(-c2n[nH]c(-c3ccnnc3)n2)cc([N+](=O)[O-])c1OC. The first-order valence-electron chi connectivity index (χ1n) is 6.74. The third kappa shape index (κ3) is 2.72. The number of aromatic amines is 1. The quantitative estimate of drug-likeness (QED) is 0.555. The number of ether oxygens (including phenoxy) is 2. The van der Waals surface area contributed by atoms with E-state index in [2.05, 4.69) is 25.4 Å². The summed E-state index contributed by atoms with van der Waals surface area (Å²) < 4.78 is 10.2. The van der Waals surface area contributed by atoms with Crippen molar-refractivity contribution in [3.05, 3.63) is 40.7 Å². The first kappa shape index (κ1) is 15.3. The van der Waals surface area contributed by atoms with Gasteiger partial charge >= 0.3 is 5.69 Å². The predicted octanol–water partition coefficient (Wildman–Crippen LogP) is 1.85. The van der Waals surface area contributed by atoms with Gasteiger partial charge in [0.2, 0.25) is 5.75 Å². The molecule has 3 rings (SSSR count). The highest BCUT2D eigenvalue weighted by molar-refractivity contribution is 5.70. The first-order chi connectivity index (χ1) is 11.6. The Labute approximate surface area is 135 Å². The summed E-state index contributed by atoms with van der Waals surface area (Å²) in [6.45, 7) is 0. The molecule has 0 amide bonds. The van der Waals surface area contributed by atoms with E-state index in [9.17, 15) is 10.1 Å². The fraction of sp³-hybridized carbons (Fsp3) is 0.143. The van der Waals surface area contributed by atoms with Gasteiger partial charge in [-0.05, 0) is 12.1 Å². The fourth-order valence-electron chi connectivity index (χ4n) is 2.16. The number of aromatic nitrogens is 5. The van der Waals surface area contributed by atoms with Gasteiger partial charge in [0.1, 0.15) is 0 Å². The molecule has 0 saturated carbocycles. The molecule has 2 heterocycles. The number of nitro groups is 1. The fourth-order valence-corrected chi connectivity index (χ4v) is 2.16. The number of hydrogen-bond donors (Lipinski definition) is 1. The lowest BCUT2D eigenvalue weighted by Gasteiger charge is -2.09. The maximum atomic E-state index is 11.3. The second-order valence-corrected chi connectivity index (χ2v) is 4.63. The van der Waals surface area contributed by atoms with Gasteiger partial charge in [-0.2, -0.15) is 15.3 Å². The van der Waals surface area contributed by atoms with E-state index in [0.29, 0.717) is 17.0 Å². The van der Waals surface area contributed by atoms with Crippen LogP contribution in [-0.4, -0.2) is 44.5 Å². The zero-order valence-electron chi connectivity index (χ0n) is 12.8. The largest absolute Gasteiger partial charge is 0.493 e. The number of hydrogen-bond acceptors (Lipinski definition) is 8. The summed E-state index contributed by atoms with van der Waals surface area (Å²) in [6, 6.07) is 4.62. The van der Waals surface area contributed by atoms with Crippen molar-refractivity contribution in [3.63, 3.8) is 0 Å². The average molecular weight is 328 g/mol. The molecule has 122 valence electrons. The highest BCUT2D eigenvalue weighted by Crippen LogP contribution is 2.40. The summed E-state index contributed by atoms with van der Waals surface area (Å²) in [5.41, 5.74) is 0.881. The lowest BCUT2D eigenvalue weighted by atomic mass is 10.1. The van der Waals surface area contributed by atoms with Crippen molar-refractivity contribution in [1.29, 1.82) is 0 Å². The van der Waals surface area contributed by atoms with Gasteiger partial charge in [-0.15, -0.1) is 0 Å². The van der Waals surface area contributed by atoms with Crippen molar-refractivity contribution < 1.29 is 14.4 Å². The molecular formula is C14H12N6O4. The minimum absolute atomic E-state index is 0.0420. The van der Waals surface area contributed by atoms with Crippen molar-refractivity contribution in [2.24, 2.45) is 0 Å². The van der Waals surface area contributed by atoms with Crippen LogP contribution in [0.25, 0.3) is 22.8 Å². The molecule has 0 aliphatic rings. The molecule has 0 spiro atoms. The second-order valence-electron chi connectivity index (χ2n) is 4.63. The zero-order chi connectivity index (χ0) is 17.1. The van der Waals surface area contributed by atoms with Gasteiger partial charge in [0, 0.05) is 17.2 Å². The minimum Gasteiger partial charge on any atom is -0.493 e. The first-order valence-corrected chi connectivity index (χ1v) is 6.74. The molecule has 3 aromatic rings. The highest BCUT2D eigenvalue weighted by atomic mass is 16.6. The maximum Gasteiger partial charge on any atom is 0.315 e. The van der Waals surface area contributed by atoms with Gasteiger partial charge in [-0.1, -0.05) is 0 Å². The van der Waals surface area contributed by atoms with Crippen LogP contribution >= 0.6 is 0 Å². The molecule has 10 heteroatoms. The van der Waals surface area contributed by atoms with Crippen molar-refractivity contribution in [3.8, 4) is 34.3 Å². The van der Waals surface area contributed by atoms with E-state index in [4.69, 9.17) is 9.47 Å². The molecule has 0 atom stereocenters. The van der Waals surface area contributed by atoms with Gasteiger partial charge in [-0.25, -0.2) is 4.98 Å². The Morgan fingerprint density at radius 2 is 2.00 bits per heavy atom. The third-order valence-corrected chi connectivity index (χ3v) is 3.26. The van der Waals surface area contributed by atoms with Crippen LogP contribution in [0, 0.1) is 10.1 Å². The topological polar surface area (TPSA) is 129 Å². The Balaban J connectivity index is 2.08. The summed E-state index contributed by atoms with van der Waals surface area (Å²) in [5, 5.41) is 25.6. The lowest BCUT2D eigenvalue weighted by molar-refractivity contribution is -0.385. The van der Waals surface area contributed by atoms with Crippen molar-refractivity contribution in [2.45, 2.75) is 0 Å². The van der Waals surface area contributed by atoms with Crippen LogP contribution in [0.4, 0.5) is 5.69 Å². The molecule has 2 aromatic heterocycles. The number of nitrogens with zero attached hydrogens (tertiary/aromatic N) is 5. The molecule has 0 fully saturated rings. The highest BCUT2D eigenvalue weighted by Gasteiger charge is 2.23. The van der Waals surface area contributed by atoms with Crippen molar-refractivity contribution >= 4 is 5.69 Å². The molecular weight excluding hydrogens is 316 g/mol. The molecule has 24 heavy (non-hydrogen) atoms. The molecule has 0 aliphatic carbocycles. The monoisotopic (exact) mass is 328 g/mol. The number of rotatable bonds is 5. The summed E-state index contributed by atoms with van der Waals surface area (Å²) in [7, 11) is 2.74. The average Bonchev–Trinajstić information content (AvgIpc) is 3.11. The Hall–Kier alpha value is -3.56. The Kier molecular flexibility index (Phi) is 4.01. The third-order valence-electron chi connectivity index (χ3n) is 3.26. The van der Waals surface area contributed by atoms with E-state index >= 15 is 0 Å². The number of methoxy groups -OCH3 is 2. The zero-order valence-corrected chi connectivity index (χ0v) is 12.8. The van der Waals surface area contributed by atoms with Gasteiger partial charge < -0.3 is 9.47 Å². The van der Waals surface area contributed by atoms with Gasteiger partial charge in [0.25, 0.3) is 0 Å². The molecule has 1 N–H and O–H groups in total. The molecule has 0 radical (unpaired) electrons. The predicted molar refractivity (Wildman–Crippen MR) is 82.6 cm³/mol. The minimum atomic E-state index is -0.550. The maximum absolute atomic E-state index is 11.3. The smallest absolute Gasteiger partial charge is 0.315 e. The van der Waals surface area contributed by atoms with E-state index in [-0.39, 0.29) is 23.0 Å². The van der Waals surface area contributed by atoms with E-state index in [1.54, 1.807) is 12.1 Å². The second kappa shape index (κ2) is 6.28. The van der Waals surface area contributed by atoms with Crippen molar-refractivity contribution in [2.75, 3.05) is 14.2 Å². The van der Waals surface area contributed by atoms with E-state index in [0.717, 1.165) is 0 Å². The van der Waals surface area contributed by atoms with Crippen LogP contribution in [-0.2, 0) is 0 Å². The normalized spacial score (nSPS) is 10.4. The van der Waals surface area contributed by atoms with Crippen LogP contribution in [0.3, 0.4) is 0 Å². The summed E-state index contributed by atoms with van der Waals surface area (Å²) in [4.78, 5) is 15.0. The molecule has 0 unspecified atom stereocenters. The van der Waals surface area contributed by atoms with Crippen molar-refractivity contribution in [1.82, 2.24) is 25.4 Å². The van der Waals surface area contributed by atoms with E-state index in [1.807, 2.05) is 0 Å². The summed E-state index contributed by atoms with van der Waals surface area (Å²) >= 11 is 0. The lowest BCUT2D eigenvalue weighted by Crippen LogP contribution is -1.98. The standard InChI is InChI=1S/C14H12N6O4/c1-23-11-6-9(5-10(20(21)22)12(11)24-2)14-17-13(18-19-14)8-3-4-15-16-7-8/h3-7H,1-2H3,(H,17,18,19). The number of nitro benzene ring substituents is 1. The number of H-pyrrole nitrogens is 1. The molecule has 10 nitrogen and oxygen atoms in total. The van der Waals surface area contributed by atoms with Crippen LogP contribution < -0.4 is 9.47 Å². The van der Waals surface area contributed by atoms with Gasteiger partial charge in [0.15, 0.2) is 17.4 Å². The summed E-state index contributed by atoms with van der Waals surface area (Å²) in [6.07, 6.45) is 3.06. The Bertz CT molecular complexity index is 880. The van der Waals surface area contributed by atoms with Gasteiger partial charge in [0.05, 0.1) is 31.5 Å². The number of nitrogens with one attached hydrogen (secondary N) is 1. The molecule has 0 saturated heterocycles. The molecule has 1 aromatic carbocycles. The van der Waals surface area contributed by atoms with Crippen LogP contribution in [0.5, 0.6) is 11.5 Å². The van der Waals surface area contributed by atoms with Gasteiger partial charge in [-0.3, -0.25) is 15.2 Å². The van der Waals surface area contributed by atoms with E-state index in [1.165, 1.54) is 32.7 Å². The Morgan fingerprint density at radius 1 is 1.17 bits per heavy atom. The summed E-state index contributed by atoms with van der Waals surface area (Å²) in [5.74, 6) is 1.02. The van der Waals surface area contributed by atoms with E-state index < -0.39 is 4.92 Å². The number of benzene rings is 1. The molecule has 0 bridgehead atoms. The van der Waals surface area contributed by atoms with Crippen LogP contribution in [0.1, 0.15) is 0 Å².